The van der Waals surface area contributed by atoms with Gasteiger partial charge in [0.25, 0.3) is 5.91 Å². The van der Waals surface area contributed by atoms with Crippen LogP contribution in [0.3, 0.4) is 0 Å². The quantitative estimate of drug-likeness (QED) is 0.672. The third-order valence-electron chi connectivity index (χ3n) is 6.65. The van der Waals surface area contributed by atoms with E-state index < -0.39 is 0 Å². The fourth-order valence-corrected chi connectivity index (χ4v) is 5.37. The molecule has 8 heteroatoms. The molecule has 1 aliphatic heterocycles. The fraction of sp³-hybridized carbons (Fsp3) is 0.522. The van der Waals surface area contributed by atoms with Crippen molar-refractivity contribution < 1.29 is 9.59 Å². The predicted octanol–water partition coefficient (Wildman–Crippen LogP) is 3.52. The van der Waals surface area contributed by atoms with Crippen molar-refractivity contribution in [3.05, 3.63) is 46.4 Å². The second-order valence-electron chi connectivity index (χ2n) is 9.43. The molecular formula is C23H30ClN5O2. The number of hydrogen-bond donors (Lipinski definition) is 3. The van der Waals surface area contributed by atoms with Gasteiger partial charge in [0.2, 0.25) is 5.91 Å². The second-order valence-corrected chi connectivity index (χ2v) is 9.84. The van der Waals surface area contributed by atoms with E-state index in [1.54, 1.807) is 13.2 Å². The molecule has 1 aliphatic carbocycles. The molecule has 0 radical (unpaired) electrons. The minimum Gasteiger partial charge on any atom is -0.354 e. The van der Waals surface area contributed by atoms with E-state index in [1.807, 2.05) is 18.2 Å². The predicted molar refractivity (Wildman–Crippen MR) is 121 cm³/mol. The van der Waals surface area contributed by atoms with Gasteiger partial charge in [0, 0.05) is 43.4 Å². The number of amides is 2. The zero-order valence-corrected chi connectivity index (χ0v) is 19.0. The first-order valence-corrected chi connectivity index (χ1v) is 11.2. The number of halogens is 1. The molecule has 0 saturated heterocycles. The Balaban J connectivity index is 1.64. The fourth-order valence-electron chi connectivity index (χ4n) is 5.16. The summed E-state index contributed by atoms with van der Waals surface area (Å²) in [7, 11) is 1.63. The van der Waals surface area contributed by atoms with E-state index in [0.717, 1.165) is 30.5 Å². The second kappa shape index (κ2) is 8.28. The average molecular weight is 444 g/mol. The Morgan fingerprint density at radius 1 is 1.29 bits per heavy atom. The summed E-state index contributed by atoms with van der Waals surface area (Å²) >= 11 is 6.59. The summed E-state index contributed by atoms with van der Waals surface area (Å²) in [4.78, 5) is 29.4. The molecule has 4 N–H and O–H groups in total. The largest absolute Gasteiger partial charge is 0.354 e. The smallest absolute Gasteiger partial charge is 0.267 e. The highest BCUT2D eigenvalue weighted by atomic mass is 35.5. The molecule has 31 heavy (non-hydrogen) atoms. The zero-order chi connectivity index (χ0) is 22.3. The van der Waals surface area contributed by atoms with Crippen LogP contribution in [0, 0.1) is 11.3 Å². The number of fused-ring (bicyclic) bond motifs is 1. The third-order valence-corrected chi connectivity index (χ3v) is 6.97. The topological polar surface area (TPSA) is 102 Å². The first kappa shape index (κ1) is 21.8. The van der Waals surface area contributed by atoms with Crippen molar-refractivity contribution in [2.24, 2.45) is 17.1 Å². The molecule has 2 aromatic rings. The van der Waals surface area contributed by atoms with Crippen molar-refractivity contribution in [3.63, 3.8) is 0 Å². The maximum atomic E-state index is 12.8. The van der Waals surface area contributed by atoms with Gasteiger partial charge in [0.1, 0.15) is 11.5 Å². The number of nitrogens with two attached hydrogens (primary N) is 1. The number of aromatic nitrogens is 2. The van der Waals surface area contributed by atoms with Gasteiger partial charge in [0.05, 0.1) is 5.02 Å². The van der Waals surface area contributed by atoms with Crippen LogP contribution in [0.5, 0.6) is 0 Å². The van der Waals surface area contributed by atoms with Crippen LogP contribution >= 0.6 is 11.6 Å². The van der Waals surface area contributed by atoms with Crippen molar-refractivity contribution >= 4 is 29.2 Å². The van der Waals surface area contributed by atoms with Gasteiger partial charge in [-0.1, -0.05) is 31.9 Å². The molecule has 1 fully saturated rings. The molecule has 2 aliphatic rings. The molecule has 0 bridgehead atoms. The average Bonchev–Trinajstić information content (AvgIpc) is 3.23. The summed E-state index contributed by atoms with van der Waals surface area (Å²) in [6, 6.07) is 5.79. The number of nitrogens with one attached hydrogen (secondary N) is 2. The highest BCUT2D eigenvalue weighted by Crippen LogP contribution is 2.50. The molecule has 2 aromatic heterocycles. The molecule has 1 unspecified atom stereocenters. The number of pyridine rings is 1. The Bertz CT molecular complexity index is 1020. The van der Waals surface area contributed by atoms with Crippen LogP contribution in [-0.4, -0.2) is 34.5 Å². The SMILES string of the molecule is CNC(=O)c1ccc2n1CC(C)(C)C2c1cc(NC(=O)[C@H]2CCC[C@@H](N)C2)ncc1Cl. The van der Waals surface area contributed by atoms with Gasteiger partial charge in [-0.05, 0) is 48.4 Å². The summed E-state index contributed by atoms with van der Waals surface area (Å²) in [6.07, 6.45) is 5.10. The van der Waals surface area contributed by atoms with Crippen molar-refractivity contribution in [2.45, 2.75) is 58.0 Å². The first-order chi connectivity index (χ1) is 14.7. The number of rotatable bonds is 4. The van der Waals surface area contributed by atoms with Gasteiger partial charge in [-0.15, -0.1) is 0 Å². The highest BCUT2D eigenvalue weighted by molar-refractivity contribution is 6.31. The summed E-state index contributed by atoms with van der Waals surface area (Å²) < 4.78 is 2.06. The van der Waals surface area contributed by atoms with Crippen molar-refractivity contribution in [1.29, 1.82) is 0 Å². The molecule has 0 spiro atoms. The van der Waals surface area contributed by atoms with Crippen LogP contribution < -0.4 is 16.4 Å². The van der Waals surface area contributed by atoms with Gasteiger partial charge in [0.15, 0.2) is 0 Å². The zero-order valence-electron chi connectivity index (χ0n) is 18.2. The molecule has 1 saturated carbocycles. The molecule has 7 nitrogen and oxygen atoms in total. The standard InChI is InChI=1S/C23H30ClN5O2/c1-23(2)12-29-17(7-8-18(29)22(31)26-3)20(23)15-10-19(27-11-16(15)24)28-21(30)13-5-4-6-14(25)9-13/h7-8,10-11,13-14,20H,4-6,9,12,25H2,1-3H3,(H,26,31)(H,27,28,30)/t13-,14+,20?/m0/s1. The van der Waals surface area contributed by atoms with E-state index in [-0.39, 0.29) is 35.1 Å². The summed E-state index contributed by atoms with van der Waals surface area (Å²) in [5.74, 6) is 0.241. The van der Waals surface area contributed by atoms with Crippen LogP contribution in [0.15, 0.2) is 24.4 Å². The molecule has 2 amide bonds. The van der Waals surface area contributed by atoms with E-state index in [9.17, 15) is 9.59 Å². The summed E-state index contributed by atoms with van der Waals surface area (Å²) in [6.45, 7) is 5.02. The van der Waals surface area contributed by atoms with Crippen LogP contribution in [0.4, 0.5) is 5.82 Å². The molecule has 166 valence electrons. The number of nitrogens with zero attached hydrogens (tertiary/aromatic N) is 2. The van der Waals surface area contributed by atoms with Crippen molar-refractivity contribution in [3.8, 4) is 0 Å². The van der Waals surface area contributed by atoms with Gasteiger partial charge in [-0.3, -0.25) is 9.59 Å². The van der Waals surface area contributed by atoms with Crippen LogP contribution in [0.1, 0.15) is 67.2 Å². The Hall–Kier alpha value is -2.38. The van der Waals surface area contributed by atoms with E-state index in [4.69, 9.17) is 17.3 Å². The van der Waals surface area contributed by atoms with E-state index in [0.29, 0.717) is 29.5 Å². The van der Waals surface area contributed by atoms with E-state index >= 15 is 0 Å². The molecule has 3 atom stereocenters. The molecular weight excluding hydrogens is 414 g/mol. The lowest BCUT2D eigenvalue weighted by Gasteiger charge is -2.28. The number of carbonyl (C=O) groups excluding carboxylic acids is 2. The summed E-state index contributed by atoms with van der Waals surface area (Å²) in [5, 5.41) is 6.22. The van der Waals surface area contributed by atoms with E-state index in [2.05, 4.69) is 34.0 Å². The van der Waals surface area contributed by atoms with Crippen LogP contribution in [0.2, 0.25) is 5.02 Å². The van der Waals surface area contributed by atoms with Gasteiger partial charge in [-0.2, -0.15) is 0 Å². The van der Waals surface area contributed by atoms with Crippen molar-refractivity contribution in [2.75, 3.05) is 12.4 Å². The van der Waals surface area contributed by atoms with Crippen LogP contribution in [-0.2, 0) is 11.3 Å². The lowest BCUT2D eigenvalue weighted by Crippen LogP contribution is -2.34. The number of hydrogen-bond acceptors (Lipinski definition) is 4. The Labute approximate surface area is 187 Å². The van der Waals surface area contributed by atoms with E-state index in [1.165, 1.54) is 0 Å². The molecule has 3 heterocycles. The highest BCUT2D eigenvalue weighted by Gasteiger charge is 2.43. The Kier molecular flexibility index (Phi) is 5.83. The Morgan fingerprint density at radius 3 is 2.77 bits per heavy atom. The maximum Gasteiger partial charge on any atom is 0.267 e. The third kappa shape index (κ3) is 4.08. The number of carbonyl (C=O) groups is 2. The summed E-state index contributed by atoms with van der Waals surface area (Å²) in [5.41, 5.74) is 8.46. The molecule has 4 rings (SSSR count). The normalized spacial score (nSPS) is 24.5. The molecule has 0 aromatic carbocycles. The maximum absolute atomic E-state index is 12.8. The first-order valence-electron chi connectivity index (χ1n) is 10.8. The minimum atomic E-state index is -0.165. The Morgan fingerprint density at radius 2 is 2.06 bits per heavy atom. The van der Waals surface area contributed by atoms with Crippen molar-refractivity contribution in [1.82, 2.24) is 14.9 Å². The van der Waals surface area contributed by atoms with Gasteiger partial charge >= 0.3 is 0 Å². The van der Waals surface area contributed by atoms with Gasteiger partial charge in [-0.25, -0.2) is 4.98 Å². The monoisotopic (exact) mass is 443 g/mol. The van der Waals surface area contributed by atoms with Gasteiger partial charge < -0.3 is 20.9 Å². The van der Waals surface area contributed by atoms with Crippen LogP contribution in [0.25, 0.3) is 0 Å². The lowest BCUT2D eigenvalue weighted by atomic mass is 9.76. The lowest BCUT2D eigenvalue weighted by molar-refractivity contribution is -0.120. The number of anilines is 1. The minimum absolute atomic E-state index is 0.0276.